The van der Waals surface area contributed by atoms with E-state index in [0.717, 1.165) is 0 Å². The van der Waals surface area contributed by atoms with Gasteiger partial charge in [-0.25, -0.2) is 12.6 Å². The van der Waals surface area contributed by atoms with Gasteiger partial charge < -0.3 is 11.1 Å². The maximum atomic E-state index is 11.7. The minimum Gasteiger partial charge on any atom is -0.399 e. The van der Waals surface area contributed by atoms with Crippen molar-refractivity contribution in [1.82, 2.24) is 5.32 Å². The van der Waals surface area contributed by atoms with Crippen LogP contribution in [0.5, 0.6) is 0 Å². The highest BCUT2D eigenvalue weighted by Gasteiger charge is 2.14. The Balaban J connectivity index is 2.41. The molecule has 9 nitrogen and oxygen atoms in total. The second-order valence-electron chi connectivity index (χ2n) is 4.28. The maximum absolute atomic E-state index is 11.7. The van der Waals surface area contributed by atoms with Crippen LogP contribution in [-0.2, 0) is 24.4 Å². The number of anilines is 1. The zero-order valence-electron chi connectivity index (χ0n) is 11.4. The maximum Gasteiger partial charge on any atom is 0.397 e. The lowest BCUT2D eigenvalue weighted by atomic mass is 10.2. The van der Waals surface area contributed by atoms with Crippen LogP contribution >= 0.6 is 0 Å². The van der Waals surface area contributed by atoms with Crippen molar-refractivity contribution in [3.8, 4) is 0 Å². The number of nitrogen functional groups attached to an aromatic ring is 1. The van der Waals surface area contributed by atoms with Gasteiger partial charge in [0.15, 0.2) is 9.84 Å². The number of nitrogens with two attached hydrogens (primary N) is 1. The number of nitrogens with one attached hydrogen (secondary N) is 1. The van der Waals surface area contributed by atoms with Gasteiger partial charge >= 0.3 is 10.4 Å². The Morgan fingerprint density at radius 3 is 2.50 bits per heavy atom. The van der Waals surface area contributed by atoms with E-state index >= 15 is 0 Å². The molecule has 0 heterocycles. The minimum absolute atomic E-state index is 0.151. The van der Waals surface area contributed by atoms with E-state index in [1.54, 1.807) is 12.1 Å². The SMILES string of the molecule is Nc1cccc(C(=O)NCCS(=O)(=O)CCOS(=O)(=O)O)c1. The van der Waals surface area contributed by atoms with E-state index in [2.05, 4.69) is 9.50 Å². The number of carbonyl (C=O) groups excluding carboxylic acids is 1. The summed E-state index contributed by atoms with van der Waals surface area (Å²) in [5.74, 6) is -1.46. The van der Waals surface area contributed by atoms with Crippen LogP contribution in [0.25, 0.3) is 0 Å². The normalized spacial score (nSPS) is 12.0. The Hall–Kier alpha value is -1.69. The number of hydrogen-bond donors (Lipinski definition) is 3. The van der Waals surface area contributed by atoms with Crippen LogP contribution in [-0.4, -0.2) is 52.0 Å². The molecule has 0 atom stereocenters. The number of rotatable bonds is 8. The van der Waals surface area contributed by atoms with Crippen molar-refractivity contribution in [1.29, 1.82) is 0 Å². The van der Waals surface area contributed by atoms with Gasteiger partial charge in [-0.1, -0.05) is 6.07 Å². The van der Waals surface area contributed by atoms with Gasteiger partial charge in [0.05, 0.1) is 18.1 Å². The van der Waals surface area contributed by atoms with Crippen LogP contribution in [0, 0.1) is 0 Å². The minimum atomic E-state index is -4.67. The second kappa shape index (κ2) is 7.54. The second-order valence-corrected chi connectivity index (χ2v) is 7.68. The van der Waals surface area contributed by atoms with Crippen LogP contribution in [0.3, 0.4) is 0 Å². The van der Waals surface area contributed by atoms with Crippen LogP contribution < -0.4 is 11.1 Å². The van der Waals surface area contributed by atoms with Crippen molar-refractivity contribution in [2.45, 2.75) is 0 Å². The summed E-state index contributed by atoms with van der Waals surface area (Å²) in [6, 6.07) is 6.17. The van der Waals surface area contributed by atoms with Crippen molar-refractivity contribution < 1.29 is 30.4 Å². The average Bonchev–Trinajstić information content (AvgIpc) is 2.36. The molecule has 1 amide bonds. The van der Waals surface area contributed by atoms with Gasteiger partial charge in [0.2, 0.25) is 0 Å². The quantitative estimate of drug-likeness (QED) is 0.407. The highest BCUT2D eigenvalue weighted by molar-refractivity contribution is 7.91. The third-order valence-corrected chi connectivity index (χ3v) is 4.55. The van der Waals surface area contributed by atoms with Gasteiger partial charge in [0, 0.05) is 17.8 Å². The van der Waals surface area contributed by atoms with Crippen LogP contribution in [0.15, 0.2) is 24.3 Å². The fraction of sp³-hybridized carbons (Fsp3) is 0.364. The van der Waals surface area contributed by atoms with Crippen molar-refractivity contribution in [3.63, 3.8) is 0 Å². The van der Waals surface area contributed by atoms with Crippen molar-refractivity contribution >= 4 is 31.8 Å². The molecule has 1 rings (SSSR count). The Bertz CT molecular complexity index is 729. The molecule has 11 heteroatoms. The van der Waals surface area contributed by atoms with Gasteiger partial charge in [-0.05, 0) is 18.2 Å². The molecule has 0 unspecified atom stereocenters. The van der Waals surface area contributed by atoms with E-state index in [1.807, 2.05) is 0 Å². The van der Waals surface area contributed by atoms with E-state index in [9.17, 15) is 21.6 Å². The van der Waals surface area contributed by atoms with Crippen LogP contribution in [0.2, 0.25) is 0 Å². The molecule has 1 aromatic rings. The van der Waals surface area contributed by atoms with E-state index in [-0.39, 0.29) is 6.54 Å². The fourth-order valence-corrected chi connectivity index (χ4v) is 2.82. The molecule has 0 spiro atoms. The number of hydrogen-bond acceptors (Lipinski definition) is 7. The summed E-state index contributed by atoms with van der Waals surface area (Å²) in [6.45, 7) is -0.841. The first-order valence-electron chi connectivity index (χ1n) is 6.05. The Labute approximate surface area is 128 Å². The van der Waals surface area contributed by atoms with E-state index in [1.165, 1.54) is 12.1 Å². The summed E-state index contributed by atoms with van der Waals surface area (Å²) in [5.41, 5.74) is 6.23. The topological polar surface area (TPSA) is 153 Å². The summed E-state index contributed by atoms with van der Waals surface area (Å²) >= 11 is 0. The molecule has 0 saturated heterocycles. The molecule has 0 radical (unpaired) electrons. The Morgan fingerprint density at radius 2 is 1.91 bits per heavy atom. The summed E-state index contributed by atoms with van der Waals surface area (Å²) in [5, 5.41) is 2.41. The van der Waals surface area contributed by atoms with Gasteiger partial charge in [-0.2, -0.15) is 8.42 Å². The molecule has 0 aliphatic rings. The van der Waals surface area contributed by atoms with Crippen molar-refractivity contribution in [2.24, 2.45) is 0 Å². The van der Waals surface area contributed by atoms with E-state index in [4.69, 9.17) is 10.3 Å². The molecular formula is C11H16N2O7S2. The standard InChI is InChI=1S/C11H16N2O7S2/c12-10-3-1-2-9(8-10)11(14)13-4-6-21(15,16)7-5-20-22(17,18)19/h1-3,8H,4-7,12H2,(H,13,14)(H,17,18,19). The van der Waals surface area contributed by atoms with Crippen molar-refractivity contribution in [3.05, 3.63) is 29.8 Å². The zero-order chi connectivity index (χ0) is 16.8. The molecular weight excluding hydrogens is 336 g/mol. The third-order valence-electron chi connectivity index (χ3n) is 2.47. The first-order valence-corrected chi connectivity index (χ1v) is 9.24. The summed E-state index contributed by atoms with van der Waals surface area (Å²) in [6.07, 6.45) is 0. The highest BCUT2D eigenvalue weighted by atomic mass is 32.3. The molecule has 22 heavy (non-hydrogen) atoms. The molecule has 0 saturated carbocycles. The van der Waals surface area contributed by atoms with Gasteiger partial charge in [0.1, 0.15) is 0 Å². The Kier molecular flexibility index (Phi) is 6.29. The highest BCUT2D eigenvalue weighted by Crippen LogP contribution is 2.06. The first kappa shape index (κ1) is 18.4. The predicted molar refractivity (Wildman–Crippen MR) is 79.3 cm³/mol. The number of carbonyl (C=O) groups is 1. The van der Waals surface area contributed by atoms with Crippen molar-refractivity contribution in [2.75, 3.05) is 30.4 Å². The lowest BCUT2D eigenvalue weighted by Crippen LogP contribution is -2.30. The summed E-state index contributed by atoms with van der Waals surface area (Å²) < 4.78 is 55.9. The number of amides is 1. The fourth-order valence-electron chi connectivity index (χ4n) is 1.47. The molecule has 0 aromatic heterocycles. The number of sulfone groups is 1. The lowest BCUT2D eigenvalue weighted by molar-refractivity contribution is 0.0956. The largest absolute Gasteiger partial charge is 0.399 e. The molecule has 0 bridgehead atoms. The zero-order valence-corrected chi connectivity index (χ0v) is 13.1. The predicted octanol–water partition coefficient (Wildman–Crippen LogP) is -0.767. The molecule has 0 fully saturated rings. The molecule has 124 valence electrons. The summed E-state index contributed by atoms with van der Waals surface area (Å²) in [4.78, 5) is 11.7. The van der Waals surface area contributed by atoms with Crippen LogP contribution in [0.4, 0.5) is 5.69 Å². The average molecular weight is 352 g/mol. The Morgan fingerprint density at radius 1 is 1.23 bits per heavy atom. The first-order chi connectivity index (χ1) is 10.1. The monoisotopic (exact) mass is 352 g/mol. The third kappa shape index (κ3) is 7.36. The number of benzene rings is 1. The molecule has 4 N–H and O–H groups in total. The molecule has 0 aliphatic heterocycles. The van der Waals surface area contributed by atoms with Crippen LogP contribution in [0.1, 0.15) is 10.4 Å². The van der Waals surface area contributed by atoms with Gasteiger partial charge in [-0.15, -0.1) is 0 Å². The van der Waals surface area contributed by atoms with Gasteiger partial charge in [0.25, 0.3) is 5.91 Å². The van der Waals surface area contributed by atoms with E-state index in [0.29, 0.717) is 11.3 Å². The lowest BCUT2D eigenvalue weighted by Gasteiger charge is -2.07. The molecule has 0 aliphatic carbocycles. The van der Waals surface area contributed by atoms with Gasteiger partial charge in [-0.3, -0.25) is 9.35 Å². The van der Waals surface area contributed by atoms with E-state index < -0.39 is 44.3 Å². The molecule has 1 aromatic carbocycles. The summed E-state index contributed by atoms with van der Waals surface area (Å²) in [7, 11) is -8.30. The smallest absolute Gasteiger partial charge is 0.397 e.